The van der Waals surface area contributed by atoms with Crippen LogP contribution in [0.5, 0.6) is 0 Å². The third kappa shape index (κ3) is 4.80. The van der Waals surface area contributed by atoms with E-state index in [1.54, 1.807) is 7.11 Å². The topological polar surface area (TPSA) is 30.5 Å². The molecule has 0 aromatic heterocycles. The van der Waals surface area contributed by atoms with Gasteiger partial charge in [-0.1, -0.05) is 25.0 Å². The number of hydrogen-bond donors (Lipinski definition) is 1. The van der Waals surface area contributed by atoms with E-state index in [4.69, 9.17) is 9.47 Å². The summed E-state index contributed by atoms with van der Waals surface area (Å²) in [6, 6.07) is 9.10. The SMILES string of the molecule is COCCOCc1cccc(NC(C)C2CCCC2)c1. The van der Waals surface area contributed by atoms with Crippen LogP contribution in [0.4, 0.5) is 5.69 Å². The van der Waals surface area contributed by atoms with Gasteiger partial charge >= 0.3 is 0 Å². The number of benzene rings is 1. The quantitative estimate of drug-likeness (QED) is 0.732. The molecule has 1 atom stereocenters. The molecule has 1 aliphatic carbocycles. The van der Waals surface area contributed by atoms with Crippen molar-refractivity contribution in [3.8, 4) is 0 Å². The average Bonchev–Trinajstić information content (AvgIpc) is 2.98. The second-order valence-corrected chi connectivity index (χ2v) is 5.72. The van der Waals surface area contributed by atoms with Crippen LogP contribution >= 0.6 is 0 Å². The molecule has 3 nitrogen and oxygen atoms in total. The van der Waals surface area contributed by atoms with Crippen molar-refractivity contribution in [2.24, 2.45) is 5.92 Å². The molecule has 0 aliphatic heterocycles. The summed E-state index contributed by atoms with van der Waals surface area (Å²) in [5, 5.41) is 3.65. The van der Waals surface area contributed by atoms with Crippen LogP contribution < -0.4 is 5.32 Å². The van der Waals surface area contributed by atoms with E-state index in [0.29, 0.717) is 25.9 Å². The van der Waals surface area contributed by atoms with Crippen molar-refractivity contribution < 1.29 is 9.47 Å². The van der Waals surface area contributed by atoms with Gasteiger partial charge in [-0.15, -0.1) is 0 Å². The van der Waals surface area contributed by atoms with Crippen LogP contribution in [0.15, 0.2) is 24.3 Å². The Hall–Kier alpha value is -1.06. The summed E-state index contributed by atoms with van der Waals surface area (Å²) in [6.45, 7) is 4.25. The van der Waals surface area contributed by atoms with Crippen molar-refractivity contribution in [2.75, 3.05) is 25.6 Å². The van der Waals surface area contributed by atoms with Gasteiger partial charge in [0.25, 0.3) is 0 Å². The fraction of sp³-hybridized carbons (Fsp3) is 0.647. The van der Waals surface area contributed by atoms with E-state index in [-0.39, 0.29) is 0 Å². The monoisotopic (exact) mass is 277 g/mol. The predicted molar refractivity (Wildman–Crippen MR) is 83.0 cm³/mol. The normalized spacial score (nSPS) is 17.3. The molecule has 0 radical (unpaired) electrons. The maximum atomic E-state index is 5.57. The fourth-order valence-electron chi connectivity index (χ4n) is 2.92. The van der Waals surface area contributed by atoms with Crippen LogP contribution in [0.3, 0.4) is 0 Å². The molecule has 112 valence electrons. The molecule has 1 aliphatic rings. The lowest BCUT2D eigenvalue weighted by atomic mass is 9.99. The second-order valence-electron chi connectivity index (χ2n) is 5.72. The first kappa shape index (κ1) is 15.3. The highest BCUT2D eigenvalue weighted by molar-refractivity contribution is 5.46. The molecule has 1 aromatic rings. The van der Waals surface area contributed by atoms with Crippen LogP contribution in [-0.2, 0) is 16.1 Å². The zero-order valence-electron chi connectivity index (χ0n) is 12.7. The van der Waals surface area contributed by atoms with E-state index >= 15 is 0 Å². The van der Waals surface area contributed by atoms with Gasteiger partial charge in [-0.25, -0.2) is 0 Å². The summed E-state index contributed by atoms with van der Waals surface area (Å²) < 4.78 is 10.5. The molecule has 1 saturated carbocycles. The Balaban J connectivity index is 1.82. The first-order valence-electron chi connectivity index (χ1n) is 7.72. The van der Waals surface area contributed by atoms with Crippen LogP contribution in [0.2, 0.25) is 0 Å². The second kappa shape index (κ2) is 8.28. The molecule has 2 rings (SSSR count). The summed E-state index contributed by atoms with van der Waals surface area (Å²) in [4.78, 5) is 0. The van der Waals surface area contributed by atoms with E-state index < -0.39 is 0 Å². The van der Waals surface area contributed by atoms with Crippen LogP contribution in [0.25, 0.3) is 0 Å². The highest BCUT2D eigenvalue weighted by Crippen LogP contribution is 2.29. The number of hydrogen-bond acceptors (Lipinski definition) is 3. The zero-order chi connectivity index (χ0) is 14.2. The van der Waals surface area contributed by atoms with Crippen LogP contribution in [-0.4, -0.2) is 26.4 Å². The number of nitrogens with one attached hydrogen (secondary N) is 1. The van der Waals surface area contributed by atoms with Gasteiger partial charge in [-0.2, -0.15) is 0 Å². The maximum Gasteiger partial charge on any atom is 0.0718 e. The maximum absolute atomic E-state index is 5.57. The Morgan fingerprint density at radius 3 is 2.80 bits per heavy atom. The van der Waals surface area contributed by atoms with Gasteiger partial charge in [0.2, 0.25) is 0 Å². The van der Waals surface area contributed by atoms with Crippen molar-refractivity contribution in [1.29, 1.82) is 0 Å². The van der Waals surface area contributed by atoms with Crippen molar-refractivity contribution >= 4 is 5.69 Å². The van der Waals surface area contributed by atoms with Gasteiger partial charge in [-0.05, 0) is 43.4 Å². The first-order valence-corrected chi connectivity index (χ1v) is 7.72. The lowest BCUT2D eigenvalue weighted by molar-refractivity contribution is 0.0617. The minimum Gasteiger partial charge on any atom is -0.382 e. The zero-order valence-corrected chi connectivity index (χ0v) is 12.7. The van der Waals surface area contributed by atoms with E-state index in [2.05, 4.69) is 36.5 Å². The summed E-state index contributed by atoms with van der Waals surface area (Å²) >= 11 is 0. The van der Waals surface area contributed by atoms with Gasteiger partial charge in [0.05, 0.1) is 19.8 Å². The van der Waals surface area contributed by atoms with Crippen molar-refractivity contribution in [3.05, 3.63) is 29.8 Å². The van der Waals surface area contributed by atoms with E-state index in [1.165, 1.54) is 36.9 Å². The third-order valence-electron chi connectivity index (χ3n) is 4.13. The summed E-state index contributed by atoms with van der Waals surface area (Å²) in [7, 11) is 1.69. The van der Waals surface area contributed by atoms with Gasteiger partial charge in [0, 0.05) is 18.8 Å². The minimum atomic E-state index is 0.558. The number of methoxy groups -OCH3 is 1. The third-order valence-corrected chi connectivity index (χ3v) is 4.13. The molecule has 0 amide bonds. The first-order chi connectivity index (χ1) is 9.79. The Kier molecular flexibility index (Phi) is 6.34. The standard InChI is InChI=1S/C17H27NO2/c1-14(16-7-3-4-8-16)18-17-9-5-6-15(12-17)13-20-11-10-19-2/h5-6,9,12,14,16,18H,3-4,7-8,10-11,13H2,1-2H3. The molecule has 20 heavy (non-hydrogen) atoms. The van der Waals surface area contributed by atoms with Gasteiger partial charge < -0.3 is 14.8 Å². The Labute approximate surface area is 122 Å². The Morgan fingerprint density at radius 2 is 2.05 bits per heavy atom. The van der Waals surface area contributed by atoms with Crippen molar-refractivity contribution in [1.82, 2.24) is 0 Å². The van der Waals surface area contributed by atoms with Gasteiger partial charge in [-0.3, -0.25) is 0 Å². The molecule has 1 aromatic carbocycles. The molecular weight excluding hydrogens is 250 g/mol. The number of anilines is 1. The lowest BCUT2D eigenvalue weighted by Crippen LogP contribution is -2.23. The summed E-state index contributed by atoms with van der Waals surface area (Å²) in [6.07, 6.45) is 5.52. The molecule has 1 unspecified atom stereocenters. The Morgan fingerprint density at radius 1 is 1.25 bits per heavy atom. The smallest absolute Gasteiger partial charge is 0.0718 e. The summed E-state index contributed by atoms with van der Waals surface area (Å²) in [5.41, 5.74) is 2.42. The predicted octanol–water partition coefficient (Wildman–Crippen LogP) is 3.84. The van der Waals surface area contributed by atoms with Crippen molar-refractivity contribution in [2.45, 2.75) is 45.3 Å². The fourth-order valence-corrected chi connectivity index (χ4v) is 2.92. The van der Waals surface area contributed by atoms with Crippen LogP contribution in [0.1, 0.15) is 38.2 Å². The van der Waals surface area contributed by atoms with E-state index in [9.17, 15) is 0 Å². The highest BCUT2D eigenvalue weighted by atomic mass is 16.5. The largest absolute Gasteiger partial charge is 0.382 e. The van der Waals surface area contributed by atoms with E-state index in [1.807, 2.05) is 0 Å². The molecular formula is C17H27NO2. The molecule has 0 spiro atoms. The molecule has 1 N–H and O–H groups in total. The highest BCUT2D eigenvalue weighted by Gasteiger charge is 2.21. The number of rotatable bonds is 8. The molecule has 0 saturated heterocycles. The molecule has 0 heterocycles. The van der Waals surface area contributed by atoms with E-state index in [0.717, 1.165) is 5.92 Å². The average molecular weight is 277 g/mol. The van der Waals surface area contributed by atoms with Crippen molar-refractivity contribution in [3.63, 3.8) is 0 Å². The molecule has 0 bridgehead atoms. The lowest BCUT2D eigenvalue weighted by Gasteiger charge is -2.22. The Bertz CT molecular complexity index is 388. The van der Waals surface area contributed by atoms with Crippen LogP contribution in [0, 0.1) is 5.92 Å². The molecule has 3 heteroatoms. The molecule has 1 fully saturated rings. The summed E-state index contributed by atoms with van der Waals surface area (Å²) in [5.74, 6) is 0.830. The number of ether oxygens (including phenoxy) is 2. The minimum absolute atomic E-state index is 0.558. The van der Waals surface area contributed by atoms with Gasteiger partial charge in [0.15, 0.2) is 0 Å². The van der Waals surface area contributed by atoms with Gasteiger partial charge in [0.1, 0.15) is 0 Å².